The molecule has 7 unspecified atom stereocenters. The summed E-state index contributed by atoms with van der Waals surface area (Å²) in [5, 5.41) is 11.2. The number of imidazole rings is 1. The van der Waals surface area contributed by atoms with Crippen LogP contribution in [0.1, 0.15) is 24.6 Å². The number of phosphoric ester groups is 1. The van der Waals surface area contributed by atoms with Gasteiger partial charge in [-0.05, 0) is 0 Å². The van der Waals surface area contributed by atoms with Crippen LogP contribution in [0.15, 0.2) is 29.7 Å². The number of aliphatic hydroxyl groups excluding tert-OH is 1. The number of nitrogens with one attached hydrogen (secondary N) is 1. The summed E-state index contributed by atoms with van der Waals surface area (Å²) in [6.45, 7) is 1.78. The summed E-state index contributed by atoms with van der Waals surface area (Å²) in [5.41, 5.74) is 11.6. The molecule has 3 fully saturated rings. The molecule has 6 N–H and O–H groups in total. The van der Waals surface area contributed by atoms with Crippen molar-refractivity contribution in [3.05, 3.63) is 40.8 Å². The van der Waals surface area contributed by atoms with E-state index in [0.29, 0.717) is 5.56 Å². The van der Waals surface area contributed by atoms with Crippen molar-refractivity contribution in [2.24, 2.45) is 0 Å². The molecule has 23 heteroatoms. The second kappa shape index (κ2) is 12.2. The van der Waals surface area contributed by atoms with E-state index in [1.165, 1.54) is 22.1 Å². The molecule has 0 saturated carbocycles. The Labute approximate surface area is 270 Å². The maximum atomic E-state index is 16.4. The predicted octanol–water partition coefficient (Wildman–Crippen LogP) is 0.927. The van der Waals surface area contributed by atoms with Crippen LogP contribution in [0.25, 0.3) is 11.2 Å². The first-order chi connectivity index (χ1) is 22.8. The van der Waals surface area contributed by atoms with Crippen molar-refractivity contribution < 1.29 is 50.7 Å². The maximum absolute atomic E-state index is 16.4. The summed E-state index contributed by atoms with van der Waals surface area (Å²) >= 11 is 0. The summed E-state index contributed by atoms with van der Waals surface area (Å²) in [6, 6.07) is 0. The van der Waals surface area contributed by atoms with Crippen molar-refractivity contribution in [1.82, 2.24) is 29.5 Å². The maximum Gasteiger partial charge on any atom is 0.475 e. The number of nitrogen functional groups attached to an aromatic ring is 2. The molecule has 0 spiro atoms. The standard InChI is InChI=1S/C25H32FN9O11P2/c1-10-4-5-34(20-13(10)19(27)29-8-30-20)23-14(26)17-12(44-23)7-41-47(3,38)45-18-16(36)11(6-42-48(39,40-2)46-17)43-24(18)35-9-31-15-21(35)32-25(28)33-22(15)37/h4-5,8-12,14,16-18,23-24,36H,6-7H2,1-3H3,(H2,27,29,30)(H3,28,32,33,37)/t10?,11?,12?,14?,16?,17-,18?,23+,24+,47+,48?/m0/s1. The lowest BCUT2D eigenvalue weighted by molar-refractivity contribution is -0.0604. The number of aliphatic hydroxyl groups is 1. The van der Waals surface area contributed by atoms with E-state index < -0.39 is 83.3 Å². The van der Waals surface area contributed by atoms with Crippen molar-refractivity contribution >= 4 is 44.2 Å². The normalized spacial score (nSPS) is 38.6. The van der Waals surface area contributed by atoms with Crippen LogP contribution in [-0.4, -0.2) is 105 Å². The highest BCUT2D eigenvalue weighted by molar-refractivity contribution is 7.53. The van der Waals surface area contributed by atoms with Gasteiger partial charge in [-0.3, -0.25) is 37.0 Å². The Bertz CT molecular complexity index is 1910. The number of anilines is 3. The number of aromatic nitrogens is 6. The van der Waals surface area contributed by atoms with Gasteiger partial charge in [0.2, 0.25) is 5.95 Å². The third-order valence-corrected chi connectivity index (χ3v) is 11.0. The zero-order valence-electron chi connectivity index (χ0n) is 25.6. The van der Waals surface area contributed by atoms with Gasteiger partial charge in [0.25, 0.3) is 5.56 Å². The molecule has 7 heterocycles. The Hall–Kier alpha value is -3.36. The Morgan fingerprint density at radius 1 is 1.08 bits per heavy atom. The molecule has 4 aliphatic rings. The van der Waals surface area contributed by atoms with Gasteiger partial charge < -0.3 is 35.5 Å². The molecule has 3 saturated heterocycles. The summed E-state index contributed by atoms with van der Waals surface area (Å²) in [7, 11) is -7.70. The second-order valence-electron chi connectivity index (χ2n) is 11.5. The van der Waals surface area contributed by atoms with E-state index in [0.717, 1.165) is 13.8 Å². The lowest BCUT2D eigenvalue weighted by atomic mass is 9.98. The van der Waals surface area contributed by atoms with Gasteiger partial charge in [0.05, 0.1) is 19.5 Å². The molecule has 3 aromatic rings. The molecule has 260 valence electrons. The lowest BCUT2D eigenvalue weighted by Crippen LogP contribution is -2.42. The fourth-order valence-corrected chi connectivity index (χ4v) is 8.32. The molecule has 20 nitrogen and oxygen atoms in total. The molecular formula is C25H32FN9O11P2. The van der Waals surface area contributed by atoms with Crippen LogP contribution in [0.2, 0.25) is 0 Å². The largest absolute Gasteiger partial charge is 0.475 e. The number of ether oxygens (including phenoxy) is 2. The van der Waals surface area contributed by atoms with Crippen LogP contribution in [0.3, 0.4) is 0 Å². The molecule has 48 heavy (non-hydrogen) atoms. The summed E-state index contributed by atoms with van der Waals surface area (Å²) in [5.74, 6) is 0.0738. The quantitative estimate of drug-likeness (QED) is 0.275. The summed E-state index contributed by atoms with van der Waals surface area (Å²) in [4.78, 5) is 32.6. The minimum atomic E-state index is -4.59. The summed E-state index contributed by atoms with van der Waals surface area (Å²) in [6.07, 6.45) is -6.29. The van der Waals surface area contributed by atoms with Crippen LogP contribution < -0.4 is 21.9 Å². The number of nitrogens with two attached hydrogens (primary N) is 2. The zero-order chi connectivity index (χ0) is 34.1. The monoisotopic (exact) mass is 715 g/mol. The molecule has 0 aromatic carbocycles. The SMILES string of the molecule is COP1(=O)OCC2O[C@@H](n3cnc4c(=O)[nH]c(N)nc43)C(O[P@](C)(=O)OCC3O[C@@H](N4C=CC(C)c5c(N)ncnc54)C(F)[C@H]3O1)C2O. The van der Waals surface area contributed by atoms with Gasteiger partial charge in [0.15, 0.2) is 29.8 Å². The minimum absolute atomic E-state index is 0.0283. The number of alkyl halides is 1. The van der Waals surface area contributed by atoms with E-state index in [4.69, 9.17) is 43.6 Å². The Morgan fingerprint density at radius 2 is 1.83 bits per heavy atom. The van der Waals surface area contributed by atoms with Gasteiger partial charge in [0, 0.05) is 31.5 Å². The van der Waals surface area contributed by atoms with Crippen molar-refractivity contribution in [3.8, 4) is 0 Å². The van der Waals surface area contributed by atoms with Crippen molar-refractivity contribution in [2.45, 2.75) is 62.0 Å². The first-order valence-corrected chi connectivity index (χ1v) is 18.1. The number of hydrogen-bond acceptors (Lipinski definition) is 18. The second-order valence-corrected chi connectivity index (χ2v) is 15.2. The Morgan fingerprint density at radius 3 is 2.60 bits per heavy atom. The van der Waals surface area contributed by atoms with Crippen molar-refractivity contribution in [3.63, 3.8) is 0 Å². The van der Waals surface area contributed by atoms with Gasteiger partial charge in [-0.2, -0.15) is 4.98 Å². The number of fused-ring (bicyclic) bond motifs is 5. The molecule has 0 aliphatic carbocycles. The van der Waals surface area contributed by atoms with Crippen molar-refractivity contribution in [2.75, 3.05) is 43.4 Å². The van der Waals surface area contributed by atoms with Gasteiger partial charge >= 0.3 is 15.4 Å². The zero-order valence-corrected chi connectivity index (χ0v) is 27.3. The molecule has 0 amide bonds. The van der Waals surface area contributed by atoms with Gasteiger partial charge in [-0.1, -0.05) is 13.0 Å². The third-order valence-electron chi connectivity index (χ3n) is 8.37. The average Bonchev–Trinajstić information content (AvgIpc) is 3.69. The van der Waals surface area contributed by atoms with E-state index in [9.17, 15) is 19.0 Å². The van der Waals surface area contributed by atoms with Crippen LogP contribution in [-0.2, 0) is 41.2 Å². The lowest BCUT2D eigenvalue weighted by Gasteiger charge is -2.33. The number of hydrogen-bond donors (Lipinski definition) is 4. The van der Waals surface area contributed by atoms with Gasteiger partial charge in [0.1, 0.15) is 48.5 Å². The van der Waals surface area contributed by atoms with E-state index in [-0.39, 0.29) is 34.7 Å². The number of allylic oxidation sites excluding steroid dienone is 1. The molecule has 4 aliphatic heterocycles. The number of aromatic amines is 1. The van der Waals surface area contributed by atoms with Crippen LogP contribution in [0, 0.1) is 0 Å². The van der Waals surface area contributed by atoms with E-state index >= 15 is 4.39 Å². The number of nitrogens with zero attached hydrogens (tertiary/aromatic N) is 6. The molecule has 3 aromatic heterocycles. The first-order valence-electron chi connectivity index (χ1n) is 14.6. The molecule has 7 rings (SSSR count). The number of phosphoric acid groups is 1. The molecule has 0 radical (unpaired) electrons. The van der Waals surface area contributed by atoms with Crippen LogP contribution in [0.4, 0.5) is 22.0 Å². The van der Waals surface area contributed by atoms with Crippen molar-refractivity contribution in [1.29, 1.82) is 0 Å². The topological polar surface area (TPSA) is 264 Å². The number of rotatable bonds is 3. The van der Waals surface area contributed by atoms with E-state index in [1.807, 2.05) is 6.92 Å². The average molecular weight is 716 g/mol. The van der Waals surface area contributed by atoms with E-state index in [1.54, 1.807) is 12.3 Å². The van der Waals surface area contributed by atoms with Crippen LogP contribution in [0.5, 0.6) is 0 Å². The molecule has 2 bridgehead atoms. The highest BCUT2D eigenvalue weighted by Crippen LogP contribution is 2.56. The van der Waals surface area contributed by atoms with Gasteiger partial charge in [-0.25, -0.2) is 23.9 Å². The smallest absolute Gasteiger partial charge is 0.387 e. The fourth-order valence-electron chi connectivity index (χ4n) is 6.04. The summed E-state index contributed by atoms with van der Waals surface area (Å²) < 4.78 is 85.0. The third kappa shape index (κ3) is 5.73. The van der Waals surface area contributed by atoms with Crippen LogP contribution >= 0.6 is 15.4 Å². The molecule has 11 atom stereocenters. The van der Waals surface area contributed by atoms with E-state index in [2.05, 4.69) is 24.9 Å². The number of H-pyrrole nitrogens is 1. The Kier molecular flexibility index (Phi) is 8.43. The minimum Gasteiger partial charge on any atom is -0.387 e. The molecular weight excluding hydrogens is 683 g/mol. The Balaban J connectivity index is 1.21. The first kappa shape index (κ1) is 33.2. The predicted molar refractivity (Wildman–Crippen MR) is 162 cm³/mol. The highest BCUT2D eigenvalue weighted by atomic mass is 31.2. The highest BCUT2D eigenvalue weighted by Gasteiger charge is 2.55. The van der Waals surface area contributed by atoms with Gasteiger partial charge in [-0.15, -0.1) is 0 Å². The number of halogens is 1. The fraction of sp³-hybridized carbons (Fsp3) is 0.560.